The first kappa shape index (κ1) is 10.0. The van der Waals surface area contributed by atoms with Crippen molar-refractivity contribution in [2.75, 3.05) is 10.7 Å². The molecular formula is C10H10N2O2S. The maximum atomic E-state index is 11.6. The lowest BCUT2D eigenvalue weighted by Gasteiger charge is -2.17. The smallest absolute Gasteiger partial charge is 0.326 e. The van der Waals surface area contributed by atoms with Crippen LogP contribution >= 0.6 is 11.8 Å². The van der Waals surface area contributed by atoms with E-state index in [2.05, 4.69) is 0 Å². The zero-order valence-corrected chi connectivity index (χ0v) is 8.79. The molecule has 0 unspecified atom stereocenters. The van der Waals surface area contributed by atoms with Gasteiger partial charge in [-0.05, 0) is 12.1 Å². The number of nitrogens with zero attached hydrogens (tertiary/aromatic N) is 1. The van der Waals surface area contributed by atoms with Crippen molar-refractivity contribution in [1.29, 1.82) is 0 Å². The minimum Gasteiger partial charge on any atom is -0.351 e. The minimum atomic E-state index is -0.713. The lowest BCUT2D eigenvalue weighted by atomic mass is 10.3. The summed E-state index contributed by atoms with van der Waals surface area (Å²) < 4.78 is 0. The largest absolute Gasteiger partial charge is 0.351 e. The van der Waals surface area contributed by atoms with Crippen LogP contribution < -0.4 is 10.6 Å². The van der Waals surface area contributed by atoms with Crippen LogP contribution in [0.5, 0.6) is 0 Å². The van der Waals surface area contributed by atoms with Crippen molar-refractivity contribution in [3.05, 3.63) is 24.3 Å². The molecule has 1 heterocycles. The minimum absolute atomic E-state index is 0.236. The molecule has 0 spiro atoms. The average molecular weight is 222 g/mol. The van der Waals surface area contributed by atoms with Gasteiger partial charge < -0.3 is 5.73 Å². The van der Waals surface area contributed by atoms with Crippen LogP contribution in [0, 0.1) is 0 Å². The van der Waals surface area contributed by atoms with Crippen molar-refractivity contribution < 1.29 is 9.59 Å². The molecule has 1 aromatic carbocycles. The molecular weight excluding hydrogens is 212 g/mol. The molecule has 5 heteroatoms. The molecule has 0 aliphatic carbocycles. The van der Waals surface area contributed by atoms with E-state index in [-0.39, 0.29) is 5.91 Å². The monoisotopic (exact) mass is 222 g/mol. The summed E-state index contributed by atoms with van der Waals surface area (Å²) in [5.41, 5.74) is 5.79. The molecule has 1 aliphatic rings. The summed E-state index contributed by atoms with van der Waals surface area (Å²) in [5.74, 6) is 0.444. The van der Waals surface area contributed by atoms with Gasteiger partial charge in [-0.3, -0.25) is 4.79 Å². The van der Waals surface area contributed by atoms with E-state index in [0.717, 1.165) is 9.80 Å². The van der Waals surface area contributed by atoms with Crippen molar-refractivity contribution in [2.45, 2.75) is 11.3 Å². The molecule has 2 rings (SSSR count). The van der Waals surface area contributed by atoms with Gasteiger partial charge in [0.25, 0.3) is 0 Å². The highest BCUT2D eigenvalue weighted by Crippen LogP contribution is 2.33. The molecule has 1 aliphatic heterocycles. The number of anilines is 1. The van der Waals surface area contributed by atoms with Gasteiger partial charge in [0.2, 0.25) is 5.91 Å². The number of benzene rings is 1. The number of hydrogen-bond acceptors (Lipinski definition) is 3. The molecule has 0 aromatic heterocycles. The average Bonchev–Trinajstić information content (AvgIpc) is 2.35. The van der Waals surface area contributed by atoms with E-state index in [4.69, 9.17) is 5.73 Å². The second kappa shape index (κ2) is 3.94. The number of nitrogens with two attached hydrogens (primary N) is 1. The van der Waals surface area contributed by atoms with Gasteiger partial charge in [-0.1, -0.05) is 12.1 Å². The number of hydrogen-bond donors (Lipinski definition) is 1. The van der Waals surface area contributed by atoms with Crippen molar-refractivity contribution in [3.63, 3.8) is 0 Å². The van der Waals surface area contributed by atoms with E-state index in [1.54, 1.807) is 23.9 Å². The van der Waals surface area contributed by atoms with Gasteiger partial charge in [0, 0.05) is 17.1 Å². The second-order valence-electron chi connectivity index (χ2n) is 3.13. The lowest BCUT2D eigenvalue weighted by Crippen LogP contribution is -2.40. The summed E-state index contributed by atoms with van der Waals surface area (Å²) in [4.78, 5) is 24.8. The van der Waals surface area contributed by atoms with Crippen LogP contribution in [0.25, 0.3) is 0 Å². The number of thioether (sulfide) groups is 1. The molecule has 0 atom stereocenters. The summed E-state index contributed by atoms with van der Waals surface area (Å²) in [6, 6.07) is 6.56. The highest BCUT2D eigenvalue weighted by molar-refractivity contribution is 7.99. The molecule has 78 valence electrons. The Morgan fingerprint density at radius 2 is 2.13 bits per heavy atom. The van der Waals surface area contributed by atoms with Crippen molar-refractivity contribution >= 4 is 29.4 Å². The standard InChI is InChI=1S/C10H10N2O2S/c11-10(14)12-7-3-1-2-4-8(7)15-6-5-9(12)13/h1-4H,5-6H2,(H2,11,14). The fourth-order valence-electron chi connectivity index (χ4n) is 1.50. The molecule has 0 saturated heterocycles. The number of imide groups is 1. The molecule has 1 aromatic rings. The number of fused-ring (bicyclic) bond motifs is 1. The van der Waals surface area contributed by atoms with Crippen LogP contribution in [-0.2, 0) is 4.79 Å². The van der Waals surface area contributed by atoms with Crippen molar-refractivity contribution in [3.8, 4) is 0 Å². The van der Waals surface area contributed by atoms with Crippen LogP contribution in [0.3, 0.4) is 0 Å². The van der Waals surface area contributed by atoms with Crippen LogP contribution in [0.1, 0.15) is 6.42 Å². The topological polar surface area (TPSA) is 63.4 Å². The van der Waals surface area contributed by atoms with E-state index >= 15 is 0 Å². The van der Waals surface area contributed by atoms with Gasteiger partial charge >= 0.3 is 6.03 Å². The van der Waals surface area contributed by atoms with E-state index in [1.165, 1.54) is 0 Å². The predicted molar refractivity (Wildman–Crippen MR) is 58.9 cm³/mol. The van der Waals surface area contributed by atoms with E-state index in [0.29, 0.717) is 17.9 Å². The Labute approximate surface area is 91.4 Å². The molecule has 4 nitrogen and oxygen atoms in total. The summed E-state index contributed by atoms with van der Waals surface area (Å²) in [6.45, 7) is 0. The number of primary amides is 1. The summed E-state index contributed by atoms with van der Waals surface area (Å²) in [7, 11) is 0. The SMILES string of the molecule is NC(=O)N1C(=O)CCSc2ccccc21. The predicted octanol–water partition coefficient (Wildman–Crippen LogP) is 1.59. The Hall–Kier alpha value is -1.49. The van der Waals surface area contributed by atoms with E-state index < -0.39 is 6.03 Å². The number of carbonyl (C=O) groups excluding carboxylic acids is 2. The van der Waals surface area contributed by atoms with Gasteiger partial charge in [0.05, 0.1) is 5.69 Å². The number of carbonyl (C=O) groups is 2. The Balaban J connectivity index is 2.52. The summed E-state index contributed by atoms with van der Waals surface area (Å²) in [5, 5.41) is 0. The first-order valence-corrected chi connectivity index (χ1v) is 5.53. The molecule has 0 radical (unpaired) electrons. The zero-order valence-electron chi connectivity index (χ0n) is 7.97. The van der Waals surface area contributed by atoms with Crippen molar-refractivity contribution in [1.82, 2.24) is 0 Å². The van der Waals surface area contributed by atoms with Crippen molar-refractivity contribution in [2.24, 2.45) is 5.73 Å². The highest BCUT2D eigenvalue weighted by Gasteiger charge is 2.25. The van der Waals surface area contributed by atoms with Gasteiger partial charge in [0.1, 0.15) is 0 Å². The highest BCUT2D eigenvalue weighted by atomic mass is 32.2. The van der Waals surface area contributed by atoms with Gasteiger partial charge in [-0.15, -0.1) is 11.8 Å². The zero-order chi connectivity index (χ0) is 10.8. The first-order valence-electron chi connectivity index (χ1n) is 4.54. The summed E-state index contributed by atoms with van der Waals surface area (Å²) >= 11 is 1.56. The Morgan fingerprint density at radius 1 is 1.40 bits per heavy atom. The first-order chi connectivity index (χ1) is 7.20. The molecule has 2 N–H and O–H groups in total. The van der Waals surface area contributed by atoms with E-state index in [9.17, 15) is 9.59 Å². The molecule has 0 fully saturated rings. The number of urea groups is 1. The Morgan fingerprint density at radius 3 is 2.87 bits per heavy atom. The van der Waals surface area contributed by atoms with Gasteiger partial charge in [0.15, 0.2) is 0 Å². The quantitative estimate of drug-likeness (QED) is 0.725. The van der Waals surface area contributed by atoms with Crippen LogP contribution in [0.15, 0.2) is 29.2 Å². The fraction of sp³-hybridized carbons (Fsp3) is 0.200. The number of para-hydroxylation sites is 1. The third kappa shape index (κ3) is 1.83. The van der Waals surface area contributed by atoms with E-state index in [1.807, 2.05) is 12.1 Å². The Bertz CT molecular complexity index is 420. The maximum absolute atomic E-state index is 11.6. The molecule has 0 saturated carbocycles. The third-order valence-electron chi connectivity index (χ3n) is 2.15. The fourth-order valence-corrected chi connectivity index (χ4v) is 2.48. The van der Waals surface area contributed by atoms with Crippen LogP contribution in [0.4, 0.5) is 10.5 Å². The summed E-state index contributed by atoms with van der Waals surface area (Å²) in [6.07, 6.45) is 0.336. The molecule has 0 bridgehead atoms. The number of amides is 3. The van der Waals surface area contributed by atoms with Crippen LogP contribution in [0.2, 0.25) is 0 Å². The molecule has 15 heavy (non-hydrogen) atoms. The lowest BCUT2D eigenvalue weighted by molar-refractivity contribution is -0.117. The molecule has 3 amide bonds. The second-order valence-corrected chi connectivity index (χ2v) is 4.27. The van der Waals surface area contributed by atoms with Crippen LogP contribution in [-0.4, -0.2) is 17.7 Å². The maximum Gasteiger partial charge on any atom is 0.326 e. The normalized spacial score (nSPS) is 15.7. The Kier molecular flexibility index (Phi) is 2.64. The number of rotatable bonds is 0. The van der Waals surface area contributed by atoms with Gasteiger partial charge in [-0.2, -0.15) is 0 Å². The third-order valence-corrected chi connectivity index (χ3v) is 3.21. The van der Waals surface area contributed by atoms with Gasteiger partial charge in [-0.25, -0.2) is 9.69 Å².